The first-order chi connectivity index (χ1) is 37.3. The minimum atomic E-state index is -3.26. The van der Waals surface area contributed by atoms with Gasteiger partial charge in [-0.05, 0) is 165 Å². The van der Waals surface area contributed by atoms with Gasteiger partial charge < -0.3 is 30.5 Å². The third-order valence-electron chi connectivity index (χ3n) is 10.5. The smallest absolute Gasteiger partial charge is 1.00 e. The monoisotopic (exact) mass is 1250 g/mol. The molecule has 0 amide bonds. The predicted molar refractivity (Wildman–Crippen MR) is 339 cm³/mol. The van der Waals surface area contributed by atoms with Crippen molar-refractivity contribution in [2.45, 2.75) is 212 Å². The maximum Gasteiger partial charge on any atom is 2.00 e. The molecule has 1 aliphatic rings. The van der Waals surface area contributed by atoms with E-state index in [1.54, 1.807) is 4.67 Å². The van der Waals surface area contributed by atoms with Crippen molar-refractivity contribution in [3.05, 3.63) is 144 Å². The van der Waals surface area contributed by atoms with Gasteiger partial charge in [0, 0.05) is 19.1 Å². The zero-order valence-electron chi connectivity index (χ0n) is 53.4. The maximum atomic E-state index is 12.8. The SMILES string of the molecule is CC(C)OP(=O)(NCC(C)c1ccccc1)OC(C)C.CC(C)OP(=O)(OC(C)C)N1CC1C.CC(Cc1ccccc1)CP(=O)(OC(C)C)OC(C)C.CC(Cc1ccccc1)CP(=O)(OC(C)C)OC(C)C.[Cl-].[Mg+2].[c-]1ccccc1. The number of hydrogen-bond donors (Lipinski definition) is 1. The summed E-state index contributed by atoms with van der Waals surface area (Å²) in [5.74, 6) is 0.734. The molecule has 1 saturated heterocycles. The quantitative estimate of drug-likeness (QED) is 0.0237. The molecule has 4 aromatic rings. The van der Waals surface area contributed by atoms with Crippen LogP contribution in [0.5, 0.6) is 0 Å². The average molecular weight is 1250 g/mol. The van der Waals surface area contributed by atoms with Crippen molar-refractivity contribution >= 4 is 53.7 Å². The van der Waals surface area contributed by atoms with Crippen molar-refractivity contribution in [1.82, 2.24) is 9.76 Å². The molecule has 0 bridgehead atoms. The summed E-state index contributed by atoms with van der Waals surface area (Å²) in [6.07, 6.45) is 1.84. The Morgan fingerprint density at radius 2 is 0.756 bits per heavy atom. The molecule has 0 aliphatic carbocycles. The number of hydrogen-bond acceptors (Lipinski definition) is 12. The number of rotatable bonds is 29. The molecule has 0 aromatic heterocycles. The summed E-state index contributed by atoms with van der Waals surface area (Å²) in [7, 11) is -12.3. The van der Waals surface area contributed by atoms with Crippen molar-refractivity contribution in [3.8, 4) is 0 Å². The summed E-state index contributed by atoms with van der Waals surface area (Å²) < 4.78 is 96.3. The predicted octanol–water partition coefficient (Wildman–Crippen LogP) is 14.9. The molecule has 5 unspecified atom stereocenters. The Morgan fingerprint density at radius 1 is 0.463 bits per heavy atom. The minimum Gasteiger partial charge on any atom is -1.00 e. The Hall–Kier alpha value is -1.54. The second kappa shape index (κ2) is 43.2. The van der Waals surface area contributed by atoms with E-state index in [0.29, 0.717) is 24.9 Å². The van der Waals surface area contributed by atoms with E-state index in [0.717, 1.165) is 19.4 Å². The normalized spacial score (nSPS) is 15.5. The molecule has 1 heterocycles. The first kappa shape index (κ1) is 82.5. The summed E-state index contributed by atoms with van der Waals surface area (Å²) in [5.41, 5.74) is 3.70. The van der Waals surface area contributed by atoms with E-state index in [1.807, 2.05) is 203 Å². The van der Waals surface area contributed by atoms with Gasteiger partial charge in [-0.15, -0.1) is 0 Å². The summed E-state index contributed by atoms with van der Waals surface area (Å²) in [5, 5.41) is 2.97. The van der Waals surface area contributed by atoms with E-state index in [9.17, 15) is 18.3 Å². The van der Waals surface area contributed by atoms with Crippen LogP contribution < -0.4 is 17.5 Å². The topological polar surface area (TPSA) is 157 Å². The molecule has 0 saturated carbocycles. The molecule has 1 N–H and O–H groups in total. The van der Waals surface area contributed by atoms with Gasteiger partial charge in [-0.3, -0.25) is 27.2 Å². The van der Waals surface area contributed by atoms with Crippen molar-refractivity contribution in [2.75, 3.05) is 25.4 Å². The molecule has 5 atom stereocenters. The maximum absolute atomic E-state index is 12.8. The molecular formula is C62H105ClMgN2O12P4. The number of nitrogens with zero attached hydrogens (tertiary/aromatic N) is 1. The second-order valence-electron chi connectivity index (χ2n) is 22.6. The summed E-state index contributed by atoms with van der Waals surface area (Å²) >= 11 is 0. The van der Waals surface area contributed by atoms with Gasteiger partial charge in [0.2, 0.25) is 0 Å². The summed E-state index contributed by atoms with van der Waals surface area (Å²) in [6, 6.07) is 43.4. The van der Waals surface area contributed by atoms with Crippen LogP contribution in [-0.2, 0) is 67.3 Å². The van der Waals surface area contributed by atoms with Crippen molar-refractivity contribution in [2.24, 2.45) is 11.8 Å². The van der Waals surface area contributed by atoms with Crippen molar-refractivity contribution in [1.29, 1.82) is 0 Å². The Labute approximate surface area is 520 Å². The first-order valence-electron chi connectivity index (χ1n) is 28.7. The fourth-order valence-electron chi connectivity index (χ4n) is 7.82. The largest absolute Gasteiger partial charge is 2.00 e. The van der Waals surface area contributed by atoms with Crippen LogP contribution in [0.3, 0.4) is 0 Å². The van der Waals surface area contributed by atoms with Gasteiger partial charge in [0.05, 0.1) is 61.2 Å². The van der Waals surface area contributed by atoms with Crippen LogP contribution in [0, 0.1) is 17.9 Å². The number of halogens is 1. The van der Waals surface area contributed by atoms with Crippen LogP contribution in [0.25, 0.3) is 0 Å². The van der Waals surface area contributed by atoms with Gasteiger partial charge in [0.25, 0.3) is 0 Å². The van der Waals surface area contributed by atoms with E-state index in [-0.39, 0.29) is 102 Å². The van der Waals surface area contributed by atoms with E-state index in [1.165, 1.54) is 16.7 Å². The molecule has 20 heteroatoms. The Morgan fingerprint density at radius 3 is 1.01 bits per heavy atom. The fourth-order valence-corrected chi connectivity index (χ4v) is 16.7. The summed E-state index contributed by atoms with van der Waals surface area (Å²) in [4.78, 5) is 0. The Bertz CT molecular complexity index is 2230. The van der Waals surface area contributed by atoms with Gasteiger partial charge in [0.15, 0.2) is 0 Å². The molecule has 82 heavy (non-hydrogen) atoms. The van der Waals surface area contributed by atoms with Crippen molar-refractivity contribution < 1.29 is 66.9 Å². The van der Waals surface area contributed by atoms with Gasteiger partial charge in [-0.2, -0.15) is 36.4 Å². The van der Waals surface area contributed by atoms with E-state index in [4.69, 9.17) is 36.2 Å². The molecule has 4 aromatic carbocycles. The van der Waals surface area contributed by atoms with Crippen LogP contribution in [0.1, 0.15) is 161 Å². The second-order valence-corrected chi connectivity index (χ2v) is 30.2. The first-order valence-corrected chi connectivity index (χ1v) is 35.2. The third kappa shape index (κ3) is 40.0. The molecule has 464 valence electrons. The molecular weight excluding hydrogens is 1150 g/mol. The molecule has 1 fully saturated rings. The summed E-state index contributed by atoms with van der Waals surface area (Å²) in [6.45, 7) is 39.6. The average Bonchev–Trinajstić information content (AvgIpc) is 4.08. The van der Waals surface area contributed by atoms with Crippen LogP contribution in [-0.4, -0.2) is 108 Å². The standard InChI is InChI=1S/2C16H27O3P.C15H26NO3P.C9H20NO3P.C6H5.ClH.Mg/c2*1-13(2)18-20(17,19-14(3)4)12-15(5)11-16-9-7-6-8-10-16;1-12(2)18-20(17,19-13(3)4)16-11-14(5)15-9-7-6-8-10-15;1-7(2)12-14(11,13-8(3)4)10-6-9(10)5;1-2-4-6-5-3-1;;/h2*6-10,13-15H,11-12H2,1-5H3;6-10,12-14H,11H2,1-5H3,(H,16,17);7-9H,6H2,1-5H3;1-5H;1H;/q;;;;-1;;+2/p-1. The molecule has 5 rings (SSSR count). The number of nitrogens with one attached hydrogen (secondary N) is 1. The third-order valence-corrected chi connectivity index (χ3v) is 20.1. The van der Waals surface area contributed by atoms with Crippen LogP contribution in [0.2, 0.25) is 0 Å². The van der Waals surface area contributed by atoms with E-state index in [2.05, 4.69) is 68.3 Å². The van der Waals surface area contributed by atoms with Crippen LogP contribution in [0.4, 0.5) is 0 Å². The zero-order chi connectivity index (χ0) is 60.7. The van der Waals surface area contributed by atoms with Gasteiger partial charge in [-0.1, -0.05) is 112 Å². The minimum absolute atomic E-state index is 0. The van der Waals surface area contributed by atoms with Crippen LogP contribution >= 0.6 is 30.7 Å². The van der Waals surface area contributed by atoms with Crippen molar-refractivity contribution in [3.63, 3.8) is 0 Å². The van der Waals surface area contributed by atoms with E-state index < -0.39 is 30.7 Å². The Kier molecular flexibility index (Phi) is 43.4. The van der Waals surface area contributed by atoms with Gasteiger partial charge >= 0.3 is 53.7 Å². The van der Waals surface area contributed by atoms with Crippen LogP contribution in [0.15, 0.2) is 121 Å². The molecule has 0 radical (unpaired) electrons. The molecule has 1 aliphatic heterocycles. The van der Waals surface area contributed by atoms with Gasteiger partial charge in [0.1, 0.15) is 0 Å². The van der Waals surface area contributed by atoms with E-state index >= 15 is 0 Å². The molecule has 0 spiro atoms. The Balaban J connectivity index is 0. The zero-order valence-corrected chi connectivity index (χ0v) is 59.2. The van der Waals surface area contributed by atoms with Gasteiger partial charge in [-0.25, -0.2) is 18.9 Å². The number of benzene rings is 4. The molecule has 14 nitrogen and oxygen atoms in total. The fraction of sp³-hybridized carbons (Fsp3) is 0.613.